The average molecular weight is 340 g/mol. The number of benzene rings is 1. The molecule has 0 bridgehead atoms. The maximum Gasteiger partial charge on any atom is 0.332 e. The highest BCUT2D eigenvalue weighted by atomic mass is 32.1. The van der Waals surface area contributed by atoms with Gasteiger partial charge in [-0.25, -0.2) is 4.79 Å². The Morgan fingerprint density at radius 3 is 2.50 bits per heavy atom. The van der Waals surface area contributed by atoms with Crippen LogP contribution in [-0.2, 0) is 20.0 Å². The van der Waals surface area contributed by atoms with Crippen molar-refractivity contribution in [2.24, 2.45) is 7.05 Å². The van der Waals surface area contributed by atoms with E-state index in [1.54, 1.807) is 4.57 Å². The Balaban J connectivity index is 2.14. The van der Waals surface area contributed by atoms with Gasteiger partial charge in [0.2, 0.25) is 0 Å². The first-order valence-corrected chi connectivity index (χ1v) is 8.60. The first-order chi connectivity index (χ1) is 11.4. The molecule has 5 heteroatoms. The maximum atomic E-state index is 12.4. The lowest BCUT2D eigenvalue weighted by Crippen LogP contribution is -2.37. The number of hydrogen-bond acceptors (Lipinski definition) is 3. The molecule has 0 atom stereocenters. The first-order valence-electron chi connectivity index (χ1n) is 7.79. The van der Waals surface area contributed by atoms with Gasteiger partial charge in [-0.1, -0.05) is 42.0 Å². The highest BCUT2D eigenvalue weighted by Crippen LogP contribution is 2.25. The summed E-state index contributed by atoms with van der Waals surface area (Å²) in [4.78, 5) is 26.7. The fourth-order valence-corrected chi connectivity index (χ4v) is 3.90. The smallest absolute Gasteiger partial charge is 0.280 e. The standard InChI is InChI=1S/C19H20N2O2S/c1-12(2)11-21-18-16(17(22)20(4)19(21)23)10-15(24-18)9-14-7-5-13(3)6-8-14/h5-8,10H,1,9,11H2,2-4H3. The van der Waals surface area contributed by atoms with Gasteiger partial charge in [-0.2, -0.15) is 0 Å². The van der Waals surface area contributed by atoms with E-state index in [-0.39, 0.29) is 11.2 Å². The van der Waals surface area contributed by atoms with Crippen molar-refractivity contribution in [3.05, 3.63) is 79.3 Å². The van der Waals surface area contributed by atoms with Gasteiger partial charge in [0, 0.05) is 24.9 Å². The normalized spacial score (nSPS) is 11.1. The van der Waals surface area contributed by atoms with Gasteiger partial charge >= 0.3 is 5.69 Å². The second kappa shape index (κ2) is 6.24. The van der Waals surface area contributed by atoms with Gasteiger partial charge in [0.25, 0.3) is 5.56 Å². The second-order valence-electron chi connectivity index (χ2n) is 6.28. The molecule has 0 aliphatic heterocycles. The van der Waals surface area contributed by atoms with Gasteiger partial charge in [-0.15, -0.1) is 11.3 Å². The summed E-state index contributed by atoms with van der Waals surface area (Å²) in [5, 5.41) is 0.602. The highest BCUT2D eigenvalue weighted by molar-refractivity contribution is 7.18. The van der Waals surface area contributed by atoms with Crippen LogP contribution in [0.2, 0.25) is 0 Å². The fraction of sp³-hybridized carbons (Fsp3) is 0.263. The van der Waals surface area contributed by atoms with Crippen LogP contribution < -0.4 is 11.2 Å². The largest absolute Gasteiger partial charge is 0.332 e. The second-order valence-corrected chi connectivity index (χ2v) is 7.40. The Morgan fingerprint density at radius 2 is 1.88 bits per heavy atom. The van der Waals surface area contributed by atoms with Crippen molar-refractivity contribution in [1.29, 1.82) is 0 Å². The molecule has 0 fully saturated rings. The zero-order valence-electron chi connectivity index (χ0n) is 14.1. The van der Waals surface area contributed by atoms with Gasteiger partial charge in [-0.3, -0.25) is 13.9 Å². The molecular weight excluding hydrogens is 320 g/mol. The maximum absolute atomic E-state index is 12.4. The zero-order chi connectivity index (χ0) is 17.4. The highest BCUT2D eigenvalue weighted by Gasteiger charge is 2.14. The number of fused-ring (bicyclic) bond motifs is 1. The van der Waals surface area contributed by atoms with Crippen LogP contribution in [0.1, 0.15) is 22.9 Å². The molecule has 24 heavy (non-hydrogen) atoms. The van der Waals surface area contributed by atoms with Crippen molar-refractivity contribution in [2.45, 2.75) is 26.8 Å². The van der Waals surface area contributed by atoms with Crippen LogP contribution in [0.5, 0.6) is 0 Å². The summed E-state index contributed by atoms with van der Waals surface area (Å²) in [6.07, 6.45) is 0.754. The van der Waals surface area contributed by atoms with Gasteiger partial charge < -0.3 is 0 Å². The Labute approximate surface area is 144 Å². The quantitative estimate of drug-likeness (QED) is 0.685. The van der Waals surface area contributed by atoms with Crippen LogP contribution >= 0.6 is 11.3 Å². The molecule has 3 rings (SSSR count). The SMILES string of the molecule is C=C(C)Cn1c(=O)n(C)c(=O)c2cc(Cc3ccc(C)cc3)sc21. The molecule has 0 radical (unpaired) electrons. The summed E-state index contributed by atoms with van der Waals surface area (Å²) < 4.78 is 2.82. The summed E-state index contributed by atoms with van der Waals surface area (Å²) in [6.45, 7) is 8.25. The predicted molar refractivity (Wildman–Crippen MR) is 100 cm³/mol. The van der Waals surface area contributed by atoms with Gasteiger partial charge in [-0.05, 0) is 25.5 Å². The van der Waals surface area contributed by atoms with E-state index in [1.165, 1.54) is 34.1 Å². The van der Waals surface area contributed by atoms with Crippen LogP contribution in [0.4, 0.5) is 0 Å². The lowest BCUT2D eigenvalue weighted by molar-refractivity contribution is 0.673. The average Bonchev–Trinajstić information content (AvgIpc) is 2.95. The van der Waals surface area contributed by atoms with Crippen LogP contribution in [0, 0.1) is 6.92 Å². The van der Waals surface area contributed by atoms with Crippen molar-refractivity contribution >= 4 is 21.6 Å². The number of nitrogens with zero attached hydrogens (tertiary/aromatic N) is 2. The van der Waals surface area contributed by atoms with Crippen LogP contribution in [0.3, 0.4) is 0 Å². The monoisotopic (exact) mass is 340 g/mol. The number of hydrogen-bond donors (Lipinski definition) is 0. The predicted octanol–water partition coefficient (Wildman–Crippen LogP) is 3.24. The summed E-state index contributed by atoms with van der Waals surface area (Å²) in [6, 6.07) is 10.3. The molecule has 3 aromatic rings. The van der Waals surface area contributed by atoms with E-state index in [4.69, 9.17) is 0 Å². The van der Waals surface area contributed by atoms with E-state index in [0.29, 0.717) is 11.9 Å². The summed E-state index contributed by atoms with van der Waals surface area (Å²) >= 11 is 1.51. The van der Waals surface area contributed by atoms with Crippen molar-refractivity contribution in [3.63, 3.8) is 0 Å². The lowest BCUT2D eigenvalue weighted by atomic mass is 10.1. The third kappa shape index (κ3) is 2.99. The molecule has 0 saturated carbocycles. The van der Waals surface area contributed by atoms with Crippen molar-refractivity contribution in [3.8, 4) is 0 Å². The summed E-state index contributed by atoms with van der Waals surface area (Å²) in [7, 11) is 1.52. The minimum atomic E-state index is -0.292. The van der Waals surface area contributed by atoms with Gasteiger partial charge in [0.15, 0.2) is 0 Å². The molecule has 0 amide bonds. The molecule has 1 aromatic carbocycles. The number of thiophene rings is 1. The van der Waals surface area contributed by atoms with Crippen molar-refractivity contribution in [2.75, 3.05) is 0 Å². The lowest BCUT2D eigenvalue weighted by Gasteiger charge is -2.08. The third-order valence-electron chi connectivity index (χ3n) is 3.99. The Hall–Kier alpha value is -2.40. The zero-order valence-corrected chi connectivity index (χ0v) is 14.9. The van der Waals surface area contributed by atoms with Crippen molar-refractivity contribution in [1.82, 2.24) is 9.13 Å². The van der Waals surface area contributed by atoms with E-state index < -0.39 is 0 Å². The minimum absolute atomic E-state index is 0.237. The molecule has 0 aliphatic carbocycles. The Kier molecular flexibility index (Phi) is 4.28. The third-order valence-corrected chi connectivity index (χ3v) is 5.15. The number of allylic oxidation sites excluding steroid dienone is 1. The van der Waals surface area contributed by atoms with Crippen LogP contribution in [-0.4, -0.2) is 9.13 Å². The van der Waals surface area contributed by atoms with Gasteiger partial charge in [0.05, 0.1) is 5.39 Å². The van der Waals surface area contributed by atoms with Gasteiger partial charge in [0.1, 0.15) is 4.83 Å². The number of aromatic nitrogens is 2. The Morgan fingerprint density at radius 1 is 1.21 bits per heavy atom. The molecule has 0 aliphatic rings. The molecule has 0 spiro atoms. The van der Waals surface area contributed by atoms with Crippen molar-refractivity contribution < 1.29 is 0 Å². The molecule has 4 nitrogen and oxygen atoms in total. The molecule has 0 unspecified atom stereocenters. The number of rotatable bonds is 4. The molecule has 2 heterocycles. The molecular formula is C19H20N2O2S. The molecule has 2 aromatic heterocycles. The van der Waals surface area contributed by atoms with Crippen LogP contribution in [0.25, 0.3) is 10.2 Å². The Bertz CT molecular complexity index is 1040. The van der Waals surface area contributed by atoms with E-state index in [0.717, 1.165) is 21.7 Å². The van der Waals surface area contributed by atoms with E-state index in [1.807, 2.05) is 13.0 Å². The fourth-order valence-electron chi connectivity index (χ4n) is 2.72. The summed E-state index contributed by atoms with van der Waals surface area (Å²) in [5.74, 6) is 0. The van der Waals surface area contributed by atoms with E-state index in [2.05, 4.69) is 37.8 Å². The first kappa shape index (κ1) is 16.5. The molecule has 0 saturated heterocycles. The molecule has 0 N–H and O–H groups in total. The molecule has 124 valence electrons. The minimum Gasteiger partial charge on any atom is -0.280 e. The van der Waals surface area contributed by atoms with E-state index >= 15 is 0 Å². The summed E-state index contributed by atoms with van der Waals surface area (Å²) in [5.41, 5.74) is 2.76. The van der Waals surface area contributed by atoms with Crippen LogP contribution in [0.15, 0.2) is 52.1 Å². The topological polar surface area (TPSA) is 44.0 Å². The van der Waals surface area contributed by atoms with E-state index in [9.17, 15) is 9.59 Å². The number of aryl methyl sites for hydroxylation is 1.